The molecule has 0 aromatic heterocycles. The number of unbranched alkanes of at least 4 members (excludes halogenated alkanes) is 2. The lowest BCUT2D eigenvalue weighted by Crippen LogP contribution is -2.28. The Morgan fingerprint density at radius 2 is 1.71 bits per heavy atom. The maximum atomic E-state index is 11.7. The van der Waals surface area contributed by atoms with E-state index in [1.807, 2.05) is 31.2 Å². The van der Waals surface area contributed by atoms with Gasteiger partial charge in [-0.1, -0.05) is 83.2 Å². The van der Waals surface area contributed by atoms with Crippen LogP contribution in [0.5, 0.6) is 0 Å². The van der Waals surface area contributed by atoms with Gasteiger partial charge in [-0.2, -0.15) is 5.26 Å². The van der Waals surface area contributed by atoms with E-state index in [-0.39, 0.29) is 9.65 Å². The molecule has 1 radical (unpaired) electrons. The van der Waals surface area contributed by atoms with Crippen LogP contribution in [0.25, 0.3) is 0 Å². The third kappa shape index (κ3) is 10.1. The summed E-state index contributed by atoms with van der Waals surface area (Å²) in [5.74, 6) is 0. The number of benzene rings is 1. The maximum absolute atomic E-state index is 11.7. The van der Waals surface area contributed by atoms with Crippen molar-refractivity contribution in [2.45, 2.75) is 61.7 Å². The summed E-state index contributed by atoms with van der Waals surface area (Å²) in [5.41, 5.74) is 0.715. The molecule has 1 aromatic carbocycles. The third-order valence-electron chi connectivity index (χ3n) is 3.09. The fraction of sp³-hybridized carbons (Fsp3) is 0.588. The number of rotatable bonds is 7. The topological polar surface area (TPSA) is 43.7 Å². The molecule has 2 nitrogen and oxygen atoms in total. The molecule has 0 spiro atoms. The molecule has 3 unspecified atom stereocenters. The van der Waals surface area contributed by atoms with Gasteiger partial charge in [-0.05, 0) is 25.0 Å². The van der Waals surface area contributed by atoms with Gasteiger partial charge in [0.05, 0.1) is 11.6 Å². The molecule has 21 heavy (non-hydrogen) atoms. The summed E-state index contributed by atoms with van der Waals surface area (Å²) in [7, 11) is 0. The zero-order chi connectivity index (χ0) is 16.1. The standard InChI is InChI=1S/C10H19Br2O.C7H5N/c1-3-5-6-7-9(12)10(13)8(11)4-2;8-6-7-4-2-1-3-5-7/h8-10H,3-7H2,1-2H3;1-5H. The molecule has 117 valence electrons. The Morgan fingerprint density at radius 3 is 2.14 bits per heavy atom. The van der Waals surface area contributed by atoms with Gasteiger partial charge in [-0.15, -0.1) is 0 Å². The van der Waals surface area contributed by atoms with E-state index in [0.717, 1.165) is 19.3 Å². The van der Waals surface area contributed by atoms with Crippen LogP contribution >= 0.6 is 31.9 Å². The van der Waals surface area contributed by atoms with Crippen LogP contribution in [-0.2, 0) is 5.11 Å². The van der Waals surface area contributed by atoms with Gasteiger partial charge in [0, 0.05) is 9.65 Å². The van der Waals surface area contributed by atoms with E-state index in [4.69, 9.17) is 5.26 Å². The molecule has 3 atom stereocenters. The first-order valence-corrected chi connectivity index (χ1v) is 9.29. The molecule has 0 saturated carbocycles. The van der Waals surface area contributed by atoms with Crippen LogP contribution in [0.4, 0.5) is 0 Å². The minimum Gasteiger partial charge on any atom is -0.231 e. The summed E-state index contributed by atoms with van der Waals surface area (Å²) in [6, 6.07) is 11.2. The lowest BCUT2D eigenvalue weighted by atomic mass is 10.1. The van der Waals surface area contributed by atoms with E-state index in [1.165, 1.54) is 12.8 Å². The molecule has 0 bridgehead atoms. The van der Waals surface area contributed by atoms with Gasteiger partial charge in [-0.25, -0.2) is 5.11 Å². The van der Waals surface area contributed by atoms with Crippen LogP contribution in [0.1, 0.15) is 51.5 Å². The highest BCUT2D eigenvalue weighted by Gasteiger charge is 2.23. The molecule has 0 aliphatic rings. The molecule has 0 aliphatic heterocycles. The molecule has 4 heteroatoms. The highest BCUT2D eigenvalue weighted by molar-refractivity contribution is 9.10. The van der Waals surface area contributed by atoms with Gasteiger partial charge in [-0.3, -0.25) is 0 Å². The van der Waals surface area contributed by atoms with E-state index >= 15 is 0 Å². The van der Waals surface area contributed by atoms with E-state index in [1.54, 1.807) is 12.1 Å². The lowest BCUT2D eigenvalue weighted by Gasteiger charge is -2.19. The Hall–Kier alpha value is -0.370. The zero-order valence-corrected chi connectivity index (χ0v) is 15.9. The lowest BCUT2D eigenvalue weighted by molar-refractivity contribution is 0.0841. The molecule has 0 heterocycles. The number of nitrogens with zero attached hydrogens (tertiary/aromatic N) is 1. The highest BCUT2D eigenvalue weighted by atomic mass is 79.9. The fourth-order valence-corrected chi connectivity index (χ4v) is 3.20. The van der Waals surface area contributed by atoms with Crippen LogP contribution < -0.4 is 0 Å². The van der Waals surface area contributed by atoms with Crippen molar-refractivity contribution >= 4 is 31.9 Å². The van der Waals surface area contributed by atoms with Crippen molar-refractivity contribution in [3.05, 3.63) is 35.9 Å². The van der Waals surface area contributed by atoms with Gasteiger partial charge in [0.1, 0.15) is 6.10 Å². The Kier molecular flexibility index (Phi) is 13.1. The second-order valence-electron chi connectivity index (χ2n) is 4.88. The van der Waals surface area contributed by atoms with Crippen LogP contribution in [0.3, 0.4) is 0 Å². The van der Waals surface area contributed by atoms with E-state index in [2.05, 4.69) is 38.8 Å². The Morgan fingerprint density at radius 1 is 1.10 bits per heavy atom. The van der Waals surface area contributed by atoms with Gasteiger partial charge in [0.2, 0.25) is 0 Å². The van der Waals surface area contributed by atoms with Crippen LogP contribution in [0.15, 0.2) is 30.3 Å². The van der Waals surface area contributed by atoms with E-state index in [9.17, 15) is 5.11 Å². The summed E-state index contributed by atoms with van der Waals surface area (Å²) in [5, 5.41) is 19.9. The van der Waals surface area contributed by atoms with Gasteiger partial charge >= 0.3 is 0 Å². The quantitative estimate of drug-likeness (QED) is 0.404. The summed E-state index contributed by atoms with van der Waals surface area (Å²) >= 11 is 6.88. The summed E-state index contributed by atoms with van der Waals surface area (Å²) in [6.07, 6.45) is 5.01. The molecular formula is C17H24Br2NO. The minimum absolute atomic E-state index is 0.110. The highest BCUT2D eigenvalue weighted by Crippen LogP contribution is 2.22. The Bertz CT molecular complexity index is 392. The van der Waals surface area contributed by atoms with E-state index in [0.29, 0.717) is 5.56 Å². The third-order valence-corrected chi connectivity index (χ3v) is 5.24. The van der Waals surface area contributed by atoms with Crippen molar-refractivity contribution in [2.75, 3.05) is 0 Å². The average Bonchev–Trinajstić information content (AvgIpc) is 2.54. The molecule has 0 N–H and O–H groups in total. The first kappa shape index (κ1) is 20.6. The molecular weight excluding hydrogens is 394 g/mol. The predicted molar refractivity (Wildman–Crippen MR) is 95.5 cm³/mol. The van der Waals surface area contributed by atoms with Gasteiger partial charge in [0.15, 0.2) is 0 Å². The average molecular weight is 418 g/mol. The van der Waals surface area contributed by atoms with Crippen molar-refractivity contribution < 1.29 is 5.11 Å². The molecule has 0 amide bonds. The number of alkyl halides is 2. The molecule has 0 aliphatic carbocycles. The van der Waals surface area contributed by atoms with E-state index < -0.39 is 6.10 Å². The monoisotopic (exact) mass is 416 g/mol. The number of hydrogen-bond donors (Lipinski definition) is 0. The summed E-state index contributed by atoms with van der Waals surface area (Å²) < 4.78 is 0. The van der Waals surface area contributed by atoms with Crippen LogP contribution in [0, 0.1) is 11.3 Å². The van der Waals surface area contributed by atoms with Crippen LogP contribution in [0.2, 0.25) is 0 Å². The number of nitriles is 1. The van der Waals surface area contributed by atoms with Crippen LogP contribution in [-0.4, -0.2) is 15.8 Å². The minimum atomic E-state index is -0.512. The molecule has 0 saturated heterocycles. The summed E-state index contributed by atoms with van der Waals surface area (Å²) in [6.45, 7) is 4.22. The summed E-state index contributed by atoms with van der Waals surface area (Å²) in [4.78, 5) is 0.238. The maximum Gasteiger partial charge on any atom is 0.118 e. The first-order chi connectivity index (χ1) is 10.1. The van der Waals surface area contributed by atoms with Crippen molar-refractivity contribution in [3.63, 3.8) is 0 Å². The second-order valence-corrected chi connectivity index (χ2v) is 7.23. The van der Waals surface area contributed by atoms with Crippen molar-refractivity contribution in [3.8, 4) is 6.07 Å². The number of halogens is 2. The Balaban J connectivity index is 0.000000423. The fourth-order valence-electron chi connectivity index (χ4n) is 1.73. The van der Waals surface area contributed by atoms with Crippen molar-refractivity contribution in [2.24, 2.45) is 0 Å². The predicted octanol–water partition coefficient (Wildman–Crippen LogP) is 5.86. The SMILES string of the molecule is CCCCCC(Br)C([O])C(Br)CC.N#Cc1ccccc1. The zero-order valence-electron chi connectivity index (χ0n) is 12.8. The first-order valence-electron chi connectivity index (χ1n) is 7.45. The van der Waals surface area contributed by atoms with Crippen molar-refractivity contribution in [1.29, 1.82) is 5.26 Å². The normalized spacial score (nSPS) is 14.3. The molecule has 1 aromatic rings. The Labute approximate surface area is 145 Å². The molecule has 0 fully saturated rings. The van der Waals surface area contributed by atoms with Crippen molar-refractivity contribution in [1.82, 2.24) is 0 Å². The number of hydrogen-bond acceptors (Lipinski definition) is 1. The largest absolute Gasteiger partial charge is 0.231 e. The van der Waals surface area contributed by atoms with Gasteiger partial charge in [0.25, 0.3) is 0 Å². The van der Waals surface area contributed by atoms with Gasteiger partial charge < -0.3 is 0 Å². The smallest absolute Gasteiger partial charge is 0.118 e. The molecule has 1 rings (SSSR count). The second kappa shape index (κ2) is 13.3.